The number of amides is 1. The van der Waals surface area contributed by atoms with Gasteiger partial charge in [-0.2, -0.15) is 0 Å². The molecule has 6 nitrogen and oxygen atoms in total. The number of likely N-dealkylation sites (tertiary alicyclic amines) is 1. The van der Waals surface area contributed by atoms with Crippen LogP contribution in [-0.2, 0) is 11.3 Å². The fourth-order valence-corrected chi connectivity index (χ4v) is 7.13. The predicted octanol–water partition coefficient (Wildman–Crippen LogP) is 6.54. The summed E-state index contributed by atoms with van der Waals surface area (Å²) in [5.41, 5.74) is 2.46. The third-order valence-electron chi connectivity index (χ3n) is 8.72. The fraction of sp³-hybridized carbons (Fsp3) is 0.324. The highest BCUT2D eigenvalue weighted by Crippen LogP contribution is 2.52. The summed E-state index contributed by atoms with van der Waals surface area (Å²) in [6.07, 6.45) is 0. The molecule has 2 saturated heterocycles. The van der Waals surface area contributed by atoms with Crippen LogP contribution in [0.3, 0.4) is 0 Å². The highest BCUT2D eigenvalue weighted by molar-refractivity contribution is 7.12. The predicted molar refractivity (Wildman–Crippen MR) is 164 cm³/mol. The molecular formula is C34H34FN3O3S. The molecule has 1 saturated carbocycles. The second-order valence-electron chi connectivity index (χ2n) is 11.4. The number of anilines is 2. The van der Waals surface area contributed by atoms with Crippen molar-refractivity contribution < 1.29 is 18.7 Å². The number of hydrogen-bond acceptors (Lipinski definition) is 6. The molecule has 7 rings (SSSR count). The number of carbonyl (C=O) groups excluding carboxylic acids is 1. The van der Waals surface area contributed by atoms with Crippen LogP contribution in [0.1, 0.15) is 15.2 Å². The first-order valence-corrected chi connectivity index (χ1v) is 15.5. The summed E-state index contributed by atoms with van der Waals surface area (Å²) in [6, 6.07) is 27.1. The van der Waals surface area contributed by atoms with Gasteiger partial charge in [0.25, 0.3) is 5.91 Å². The number of ether oxygens (including phenoxy) is 2. The van der Waals surface area contributed by atoms with Gasteiger partial charge in [0.05, 0.1) is 23.8 Å². The van der Waals surface area contributed by atoms with Gasteiger partial charge < -0.3 is 19.3 Å². The number of hydrogen-bond donors (Lipinski definition) is 0. The first-order valence-electron chi connectivity index (χ1n) is 14.6. The lowest BCUT2D eigenvalue weighted by atomic mass is 10.1. The first kappa shape index (κ1) is 27.1. The van der Waals surface area contributed by atoms with E-state index < -0.39 is 0 Å². The van der Waals surface area contributed by atoms with E-state index in [4.69, 9.17) is 9.47 Å². The Hall–Kier alpha value is -3.72. The maximum absolute atomic E-state index is 15.3. The van der Waals surface area contributed by atoms with E-state index in [-0.39, 0.29) is 11.7 Å². The van der Waals surface area contributed by atoms with Crippen LogP contribution < -0.4 is 14.5 Å². The number of benzene rings is 3. The molecule has 216 valence electrons. The van der Waals surface area contributed by atoms with Crippen molar-refractivity contribution in [2.24, 2.45) is 17.8 Å². The normalized spacial score (nSPS) is 21.6. The molecule has 1 aliphatic carbocycles. The van der Waals surface area contributed by atoms with E-state index in [1.165, 1.54) is 23.0 Å². The minimum absolute atomic E-state index is 0.0526. The number of carbonyl (C=O) groups is 1. The Morgan fingerprint density at radius 3 is 2.36 bits per heavy atom. The first-order chi connectivity index (χ1) is 20.6. The lowest BCUT2D eigenvalue weighted by Crippen LogP contribution is -2.37. The second kappa shape index (κ2) is 11.9. The smallest absolute Gasteiger partial charge is 0.268 e. The quantitative estimate of drug-likeness (QED) is 0.224. The van der Waals surface area contributed by atoms with Crippen LogP contribution in [0, 0.1) is 23.6 Å². The van der Waals surface area contributed by atoms with Crippen molar-refractivity contribution in [3.63, 3.8) is 0 Å². The molecule has 3 aromatic carbocycles. The van der Waals surface area contributed by atoms with Crippen molar-refractivity contribution in [1.82, 2.24) is 4.90 Å². The third kappa shape index (κ3) is 5.79. The number of nitrogens with zero attached hydrogens (tertiary/aromatic N) is 3. The van der Waals surface area contributed by atoms with E-state index in [1.807, 2.05) is 77.0 Å². The van der Waals surface area contributed by atoms with Crippen LogP contribution in [0.5, 0.6) is 11.5 Å². The van der Waals surface area contributed by atoms with Crippen LogP contribution in [0.25, 0.3) is 0 Å². The molecular weight excluding hydrogens is 549 g/mol. The van der Waals surface area contributed by atoms with Crippen molar-refractivity contribution in [3.05, 3.63) is 107 Å². The number of piperidine rings is 1. The summed E-state index contributed by atoms with van der Waals surface area (Å²) in [5, 5.41) is 1.91. The van der Waals surface area contributed by atoms with Gasteiger partial charge in [-0.05, 0) is 77.2 Å². The minimum atomic E-state index is -0.291. The van der Waals surface area contributed by atoms with Gasteiger partial charge in [0.1, 0.15) is 17.3 Å². The molecule has 2 atom stereocenters. The van der Waals surface area contributed by atoms with Gasteiger partial charge in [0.2, 0.25) is 0 Å². The van der Waals surface area contributed by atoms with Gasteiger partial charge in [0, 0.05) is 45.0 Å². The molecule has 42 heavy (non-hydrogen) atoms. The standard InChI is InChI=1S/C34H34FN3O3S/c35-31-19-25(10-13-32(31)37-14-16-40-17-15-37)38(34(39)33-7-4-18-42-33)23-30-28-21-36(22-29(28)30)20-24-8-11-27(12-9-24)41-26-5-2-1-3-6-26/h1-13,18-19,28-30H,14-17,20-23H2. The van der Waals surface area contributed by atoms with E-state index in [2.05, 4.69) is 17.0 Å². The van der Waals surface area contributed by atoms with Crippen LogP contribution in [0.15, 0.2) is 90.3 Å². The van der Waals surface area contributed by atoms with Gasteiger partial charge in [-0.1, -0.05) is 36.4 Å². The summed E-state index contributed by atoms with van der Waals surface area (Å²) in [5.74, 6) is 2.86. The van der Waals surface area contributed by atoms with Crippen LogP contribution in [0.4, 0.5) is 15.8 Å². The molecule has 3 heterocycles. The van der Waals surface area contributed by atoms with E-state index in [1.54, 1.807) is 4.90 Å². The number of fused-ring (bicyclic) bond motifs is 1. The Kier molecular flexibility index (Phi) is 7.67. The summed E-state index contributed by atoms with van der Waals surface area (Å²) in [6.45, 7) is 6.08. The molecule has 0 N–H and O–H groups in total. The summed E-state index contributed by atoms with van der Waals surface area (Å²) in [4.78, 5) is 20.6. The van der Waals surface area contributed by atoms with E-state index in [9.17, 15) is 4.79 Å². The molecule has 1 amide bonds. The molecule has 2 unspecified atom stereocenters. The average molecular weight is 584 g/mol. The zero-order chi connectivity index (χ0) is 28.5. The van der Waals surface area contributed by atoms with E-state index in [0.717, 1.165) is 31.1 Å². The third-order valence-corrected chi connectivity index (χ3v) is 9.58. The molecule has 0 spiro atoms. The molecule has 0 radical (unpaired) electrons. The molecule has 1 aromatic heterocycles. The largest absolute Gasteiger partial charge is 0.457 e. The minimum Gasteiger partial charge on any atom is -0.457 e. The Morgan fingerprint density at radius 1 is 0.929 bits per heavy atom. The molecule has 3 fully saturated rings. The fourth-order valence-electron chi connectivity index (χ4n) is 6.46. The zero-order valence-corrected chi connectivity index (χ0v) is 24.2. The maximum atomic E-state index is 15.3. The van der Waals surface area contributed by atoms with Crippen LogP contribution in [0.2, 0.25) is 0 Å². The Morgan fingerprint density at radius 2 is 1.67 bits per heavy atom. The van der Waals surface area contributed by atoms with Crippen molar-refractivity contribution in [1.29, 1.82) is 0 Å². The van der Waals surface area contributed by atoms with Gasteiger partial charge in [-0.25, -0.2) is 4.39 Å². The van der Waals surface area contributed by atoms with Gasteiger partial charge in [-0.3, -0.25) is 9.69 Å². The highest BCUT2D eigenvalue weighted by Gasteiger charge is 2.56. The number of thiophene rings is 1. The lowest BCUT2D eigenvalue weighted by Gasteiger charge is -2.30. The van der Waals surface area contributed by atoms with Crippen molar-refractivity contribution in [2.45, 2.75) is 6.54 Å². The average Bonchev–Trinajstić information content (AvgIpc) is 3.38. The Labute approximate surface area is 249 Å². The molecule has 4 aromatic rings. The highest BCUT2D eigenvalue weighted by atomic mass is 32.1. The van der Waals surface area contributed by atoms with Crippen LogP contribution in [-0.4, -0.2) is 56.7 Å². The van der Waals surface area contributed by atoms with Gasteiger partial charge >= 0.3 is 0 Å². The second-order valence-corrected chi connectivity index (χ2v) is 12.3. The maximum Gasteiger partial charge on any atom is 0.268 e. The molecule has 2 aliphatic heterocycles. The van der Waals surface area contributed by atoms with Crippen molar-refractivity contribution in [3.8, 4) is 11.5 Å². The number of para-hydroxylation sites is 1. The summed E-state index contributed by atoms with van der Waals surface area (Å²) >= 11 is 1.43. The number of halogens is 1. The van der Waals surface area contributed by atoms with Gasteiger partial charge in [-0.15, -0.1) is 11.3 Å². The summed E-state index contributed by atoms with van der Waals surface area (Å²) < 4.78 is 26.7. The number of morpholine rings is 1. The van der Waals surface area contributed by atoms with E-state index >= 15 is 4.39 Å². The number of rotatable bonds is 9. The van der Waals surface area contributed by atoms with Crippen molar-refractivity contribution >= 4 is 28.6 Å². The summed E-state index contributed by atoms with van der Waals surface area (Å²) in [7, 11) is 0. The van der Waals surface area contributed by atoms with E-state index in [0.29, 0.717) is 66.9 Å². The molecule has 8 heteroatoms. The van der Waals surface area contributed by atoms with Gasteiger partial charge in [0.15, 0.2) is 0 Å². The lowest BCUT2D eigenvalue weighted by molar-refractivity contribution is 0.0988. The Balaban J connectivity index is 0.990. The SMILES string of the molecule is O=C(c1cccs1)N(CC1C2CN(Cc3ccc(Oc4ccccc4)cc3)CC21)c1ccc(N2CCOCC2)c(F)c1. The van der Waals surface area contributed by atoms with Crippen molar-refractivity contribution in [2.75, 3.05) is 55.7 Å². The zero-order valence-electron chi connectivity index (χ0n) is 23.4. The molecule has 3 aliphatic rings. The Bertz CT molecular complexity index is 1500. The van der Waals surface area contributed by atoms with Crippen LogP contribution >= 0.6 is 11.3 Å². The topological polar surface area (TPSA) is 45.2 Å². The monoisotopic (exact) mass is 583 g/mol. The molecule has 0 bridgehead atoms.